The Balaban J connectivity index is 1.76. The maximum Gasteiger partial charge on any atom is 0.0741 e. The van der Waals surface area contributed by atoms with Crippen LogP contribution >= 0.6 is 0 Å². The highest BCUT2D eigenvalue weighted by atomic mass is 16.5. The Morgan fingerprint density at radius 3 is 2.71 bits per heavy atom. The lowest BCUT2D eigenvalue weighted by molar-refractivity contribution is -0.140. The number of hydrogen-bond acceptors (Lipinski definition) is 3. The lowest BCUT2D eigenvalue weighted by Gasteiger charge is -2.43. The van der Waals surface area contributed by atoms with Gasteiger partial charge >= 0.3 is 0 Å². The number of hydrogen-bond donors (Lipinski definition) is 1. The van der Waals surface area contributed by atoms with Crippen LogP contribution in [0.3, 0.4) is 0 Å². The van der Waals surface area contributed by atoms with Crippen molar-refractivity contribution >= 4 is 0 Å². The minimum Gasteiger partial charge on any atom is -0.381 e. The zero-order chi connectivity index (χ0) is 12.1. The molecule has 17 heavy (non-hydrogen) atoms. The SMILES string of the molecule is CC(C)CCNC1CCOC2(CCOCC2)C1. The highest BCUT2D eigenvalue weighted by Crippen LogP contribution is 2.34. The van der Waals surface area contributed by atoms with Gasteiger partial charge in [0.25, 0.3) is 0 Å². The number of rotatable bonds is 4. The summed E-state index contributed by atoms with van der Waals surface area (Å²) in [7, 11) is 0. The van der Waals surface area contributed by atoms with Crippen molar-refractivity contribution in [3.63, 3.8) is 0 Å². The molecule has 0 saturated carbocycles. The van der Waals surface area contributed by atoms with Gasteiger partial charge in [-0.25, -0.2) is 0 Å². The molecule has 1 atom stereocenters. The zero-order valence-corrected chi connectivity index (χ0v) is 11.3. The van der Waals surface area contributed by atoms with E-state index in [4.69, 9.17) is 9.47 Å². The van der Waals surface area contributed by atoms with Gasteiger partial charge in [0.05, 0.1) is 5.60 Å². The van der Waals surface area contributed by atoms with Crippen LogP contribution < -0.4 is 5.32 Å². The Bertz CT molecular complexity index is 219. The highest BCUT2D eigenvalue weighted by Gasteiger charge is 2.38. The summed E-state index contributed by atoms with van der Waals surface area (Å²) in [6, 6.07) is 0.653. The number of ether oxygens (including phenoxy) is 2. The van der Waals surface area contributed by atoms with Crippen LogP contribution in [0, 0.1) is 5.92 Å². The highest BCUT2D eigenvalue weighted by molar-refractivity contribution is 4.91. The van der Waals surface area contributed by atoms with Crippen molar-refractivity contribution in [1.82, 2.24) is 5.32 Å². The third-order valence-electron chi connectivity index (χ3n) is 4.05. The molecule has 0 bridgehead atoms. The smallest absolute Gasteiger partial charge is 0.0741 e. The molecule has 3 nitrogen and oxygen atoms in total. The molecule has 0 aromatic carbocycles. The van der Waals surface area contributed by atoms with Crippen molar-refractivity contribution in [2.45, 2.75) is 57.6 Å². The Hall–Kier alpha value is -0.120. The molecule has 1 unspecified atom stereocenters. The Morgan fingerprint density at radius 1 is 1.24 bits per heavy atom. The van der Waals surface area contributed by atoms with Crippen molar-refractivity contribution in [1.29, 1.82) is 0 Å². The van der Waals surface area contributed by atoms with Crippen LogP contribution in [-0.4, -0.2) is 38.0 Å². The van der Waals surface area contributed by atoms with Crippen molar-refractivity contribution in [3.05, 3.63) is 0 Å². The lowest BCUT2D eigenvalue weighted by atomic mass is 9.84. The summed E-state index contributed by atoms with van der Waals surface area (Å²) < 4.78 is 11.5. The minimum atomic E-state index is 0.131. The van der Waals surface area contributed by atoms with Crippen LogP contribution in [0.25, 0.3) is 0 Å². The largest absolute Gasteiger partial charge is 0.381 e. The first-order chi connectivity index (χ1) is 8.20. The third kappa shape index (κ3) is 3.94. The molecule has 1 spiro atoms. The third-order valence-corrected chi connectivity index (χ3v) is 4.05. The van der Waals surface area contributed by atoms with Gasteiger partial charge in [0.1, 0.15) is 0 Å². The molecule has 0 radical (unpaired) electrons. The second-order valence-electron chi connectivity index (χ2n) is 5.97. The van der Waals surface area contributed by atoms with E-state index >= 15 is 0 Å². The van der Waals surface area contributed by atoms with E-state index in [2.05, 4.69) is 19.2 Å². The van der Waals surface area contributed by atoms with Gasteiger partial charge in [-0.1, -0.05) is 13.8 Å². The maximum atomic E-state index is 6.04. The molecule has 0 aliphatic carbocycles. The van der Waals surface area contributed by atoms with Crippen LogP contribution in [0.1, 0.15) is 46.0 Å². The topological polar surface area (TPSA) is 30.5 Å². The first-order valence-corrected chi connectivity index (χ1v) is 7.15. The van der Waals surface area contributed by atoms with Crippen LogP contribution in [0.4, 0.5) is 0 Å². The molecule has 2 fully saturated rings. The van der Waals surface area contributed by atoms with Crippen molar-refractivity contribution in [3.8, 4) is 0 Å². The predicted octanol–water partition coefficient (Wildman–Crippen LogP) is 2.35. The van der Waals surface area contributed by atoms with Gasteiger partial charge in [-0.15, -0.1) is 0 Å². The minimum absolute atomic E-state index is 0.131. The molecule has 3 heteroatoms. The van der Waals surface area contributed by atoms with Crippen LogP contribution in [0.5, 0.6) is 0 Å². The zero-order valence-electron chi connectivity index (χ0n) is 11.3. The molecule has 2 aliphatic heterocycles. The normalized spacial score (nSPS) is 28.8. The van der Waals surface area contributed by atoms with Gasteiger partial charge in [0.15, 0.2) is 0 Å². The summed E-state index contributed by atoms with van der Waals surface area (Å²) in [5.74, 6) is 0.791. The molecular formula is C14H27NO2. The van der Waals surface area contributed by atoms with Crippen LogP contribution in [-0.2, 0) is 9.47 Å². The van der Waals surface area contributed by atoms with E-state index < -0.39 is 0 Å². The average molecular weight is 241 g/mol. The number of nitrogens with one attached hydrogen (secondary N) is 1. The Kier molecular flexibility index (Phi) is 4.83. The first kappa shape index (κ1) is 13.3. The van der Waals surface area contributed by atoms with Gasteiger partial charge in [-0.2, -0.15) is 0 Å². The molecule has 0 amide bonds. The van der Waals surface area contributed by atoms with Crippen molar-refractivity contribution < 1.29 is 9.47 Å². The van der Waals surface area contributed by atoms with Crippen LogP contribution in [0.15, 0.2) is 0 Å². The first-order valence-electron chi connectivity index (χ1n) is 7.15. The maximum absolute atomic E-state index is 6.04. The molecule has 2 heterocycles. The van der Waals surface area contributed by atoms with Gasteiger partial charge in [0.2, 0.25) is 0 Å². The molecule has 0 aromatic heterocycles. The van der Waals surface area contributed by atoms with E-state index in [9.17, 15) is 0 Å². The van der Waals surface area contributed by atoms with E-state index in [1.54, 1.807) is 0 Å². The summed E-state index contributed by atoms with van der Waals surface area (Å²) in [6.07, 6.45) is 5.77. The second-order valence-corrected chi connectivity index (χ2v) is 5.97. The summed E-state index contributed by atoms with van der Waals surface area (Å²) in [5, 5.41) is 3.70. The van der Waals surface area contributed by atoms with Crippen molar-refractivity contribution in [2.24, 2.45) is 5.92 Å². The fraction of sp³-hybridized carbons (Fsp3) is 1.00. The molecule has 2 saturated heterocycles. The van der Waals surface area contributed by atoms with Crippen molar-refractivity contribution in [2.75, 3.05) is 26.4 Å². The predicted molar refractivity (Wildman–Crippen MR) is 69.2 cm³/mol. The molecular weight excluding hydrogens is 214 g/mol. The molecule has 100 valence electrons. The fourth-order valence-electron chi connectivity index (χ4n) is 2.87. The summed E-state index contributed by atoms with van der Waals surface area (Å²) in [4.78, 5) is 0. The van der Waals surface area contributed by atoms with Gasteiger partial charge in [0, 0.05) is 25.9 Å². The Morgan fingerprint density at radius 2 is 2.00 bits per heavy atom. The average Bonchev–Trinajstić information content (AvgIpc) is 2.29. The van der Waals surface area contributed by atoms with E-state index in [-0.39, 0.29) is 5.60 Å². The second kappa shape index (κ2) is 6.17. The van der Waals surface area contributed by atoms with Gasteiger partial charge < -0.3 is 14.8 Å². The summed E-state index contributed by atoms with van der Waals surface area (Å²) in [5.41, 5.74) is 0.131. The lowest BCUT2D eigenvalue weighted by Crippen LogP contribution is -2.50. The quantitative estimate of drug-likeness (QED) is 0.819. The molecule has 2 rings (SSSR count). The Labute approximate surface area is 105 Å². The van der Waals surface area contributed by atoms with Gasteiger partial charge in [-0.05, 0) is 44.6 Å². The van der Waals surface area contributed by atoms with E-state index in [1.807, 2.05) is 0 Å². The van der Waals surface area contributed by atoms with E-state index in [0.29, 0.717) is 6.04 Å². The fourth-order valence-corrected chi connectivity index (χ4v) is 2.87. The monoisotopic (exact) mass is 241 g/mol. The summed E-state index contributed by atoms with van der Waals surface area (Å²) in [6.45, 7) is 8.38. The van der Waals surface area contributed by atoms with Crippen LogP contribution in [0.2, 0.25) is 0 Å². The van der Waals surface area contributed by atoms with E-state index in [0.717, 1.165) is 45.1 Å². The molecule has 0 aromatic rings. The van der Waals surface area contributed by atoms with Gasteiger partial charge in [-0.3, -0.25) is 0 Å². The van der Waals surface area contributed by atoms with E-state index in [1.165, 1.54) is 19.3 Å². The molecule has 2 aliphatic rings. The summed E-state index contributed by atoms with van der Waals surface area (Å²) >= 11 is 0. The standard InChI is InChI=1S/C14H27NO2/c1-12(2)3-7-15-13-4-8-17-14(11-13)5-9-16-10-6-14/h12-13,15H,3-11H2,1-2H3. The molecule has 1 N–H and O–H groups in total.